The number of hydrogen-bond donors (Lipinski definition) is 2. The second kappa shape index (κ2) is 5.36. The largest absolute Gasteiger partial charge is 0.460 e. The van der Waals surface area contributed by atoms with Gasteiger partial charge in [-0.05, 0) is 12.1 Å². The van der Waals surface area contributed by atoms with Crippen molar-refractivity contribution in [2.24, 2.45) is 5.73 Å². The Bertz CT molecular complexity index is 474. The fraction of sp³-hybridized carbons (Fsp3) is 0.250. The summed E-state index contributed by atoms with van der Waals surface area (Å²) in [4.78, 5) is 10.3. The third kappa shape index (κ3) is 3.22. The Balaban J connectivity index is 1.81. The molecule has 0 atom stereocenters. The van der Waals surface area contributed by atoms with E-state index in [1.165, 1.54) is 0 Å². The zero-order valence-corrected chi connectivity index (χ0v) is 9.31. The van der Waals surface area contributed by atoms with E-state index >= 15 is 0 Å². The summed E-state index contributed by atoms with van der Waals surface area (Å²) in [5.74, 6) is 0.852. The minimum Gasteiger partial charge on any atom is -0.460 e. The standard InChI is InChI=1S/C12H14N2O3/c13-12(15)16-6-5-14-8-10-7-9-3-1-2-4-11(9)17-10/h1-4,7,14H,5-6,8H2,(H2,13,15). The predicted molar refractivity (Wildman–Crippen MR) is 63.5 cm³/mol. The van der Waals surface area contributed by atoms with E-state index in [0.717, 1.165) is 16.7 Å². The Morgan fingerprint density at radius 2 is 2.24 bits per heavy atom. The van der Waals surface area contributed by atoms with E-state index in [9.17, 15) is 4.79 Å². The van der Waals surface area contributed by atoms with Crippen LogP contribution in [0.15, 0.2) is 34.7 Å². The lowest BCUT2D eigenvalue weighted by atomic mass is 10.2. The number of fused-ring (bicyclic) bond motifs is 1. The van der Waals surface area contributed by atoms with Gasteiger partial charge in [0.1, 0.15) is 18.0 Å². The fourth-order valence-corrected chi connectivity index (χ4v) is 1.56. The number of rotatable bonds is 5. The molecule has 0 radical (unpaired) electrons. The summed E-state index contributed by atoms with van der Waals surface area (Å²) in [5.41, 5.74) is 5.70. The fourth-order valence-electron chi connectivity index (χ4n) is 1.56. The Hall–Kier alpha value is -2.01. The van der Waals surface area contributed by atoms with Crippen molar-refractivity contribution in [3.05, 3.63) is 36.1 Å². The quantitative estimate of drug-likeness (QED) is 0.770. The summed E-state index contributed by atoms with van der Waals surface area (Å²) < 4.78 is 10.2. The summed E-state index contributed by atoms with van der Waals surface area (Å²) in [7, 11) is 0. The van der Waals surface area contributed by atoms with Gasteiger partial charge in [-0.1, -0.05) is 18.2 Å². The van der Waals surface area contributed by atoms with Gasteiger partial charge in [-0.2, -0.15) is 0 Å². The maximum atomic E-state index is 10.3. The van der Waals surface area contributed by atoms with Gasteiger partial charge in [0.2, 0.25) is 0 Å². The van der Waals surface area contributed by atoms with Crippen LogP contribution in [0.4, 0.5) is 4.79 Å². The molecule has 0 aliphatic rings. The summed E-state index contributed by atoms with van der Waals surface area (Å²) in [6.07, 6.45) is -0.754. The van der Waals surface area contributed by atoms with Crippen LogP contribution >= 0.6 is 0 Å². The lowest BCUT2D eigenvalue weighted by Gasteiger charge is -2.02. The van der Waals surface area contributed by atoms with E-state index in [-0.39, 0.29) is 6.61 Å². The summed E-state index contributed by atoms with van der Waals surface area (Å²) in [5, 5.41) is 4.17. The molecule has 0 spiro atoms. The van der Waals surface area contributed by atoms with E-state index in [2.05, 4.69) is 10.1 Å². The normalized spacial score (nSPS) is 10.6. The van der Waals surface area contributed by atoms with E-state index in [4.69, 9.17) is 10.2 Å². The van der Waals surface area contributed by atoms with Crippen LogP contribution in [-0.4, -0.2) is 19.2 Å². The number of hydrogen-bond acceptors (Lipinski definition) is 4. The highest BCUT2D eigenvalue weighted by Crippen LogP contribution is 2.18. The second-order valence-electron chi connectivity index (χ2n) is 3.59. The smallest absolute Gasteiger partial charge is 0.404 e. The SMILES string of the molecule is NC(=O)OCCNCc1cc2ccccc2o1. The molecule has 0 fully saturated rings. The van der Waals surface area contributed by atoms with Crippen LogP contribution in [0.1, 0.15) is 5.76 Å². The minimum absolute atomic E-state index is 0.259. The van der Waals surface area contributed by atoms with E-state index in [1.807, 2.05) is 30.3 Å². The molecule has 2 aromatic rings. The van der Waals surface area contributed by atoms with Gasteiger partial charge < -0.3 is 20.2 Å². The average molecular weight is 234 g/mol. The Kier molecular flexibility index (Phi) is 3.62. The molecule has 1 heterocycles. The van der Waals surface area contributed by atoms with Crippen LogP contribution in [0.25, 0.3) is 11.0 Å². The maximum absolute atomic E-state index is 10.3. The second-order valence-corrected chi connectivity index (χ2v) is 3.59. The minimum atomic E-state index is -0.754. The Morgan fingerprint density at radius 3 is 3.00 bits per heavy atom. The molecule has 0 aliphatic carbocycles. The van der Waals surface area contributed by atoms with E-state index in [0.29, 0.717) is 13.1 Å². The molecule has 5 heteroatoms. The van der Waals surface area contributed by atoms with Crippen molar-refractivity contribution in [1.29, 1.82) is 0 Å². The van der Waals surface area contributed by atoms with Crippen LogP contribution in [0.3, 0.4) is 0 Å². The number of amides is 1. The van der Waals surface area contributed by atoms with Crippen LogP contribution in [0, 0.1) is 0 Å². The first-order valence-electron chi connectivity index (χ1n) is 5.36. The first kappa shape index (κ1) is 11.5. The van der Waals surface area contributed by atoms with E-state index < -0.39 is 6.09 Å². The molecule has 0 saturated carbocycles. The molecule has 3 N–H and O–H groups in total. The molecule has 1 aromatic carbocycles. The highest BCUT2D eigenvalue weighted by Gasteiger charge is 2.02. The number of primary amides is 1. The van der Waals surface area contributed by atoms with Crippen LogP contribution in [0.5, 0.6) is 0 Å². The molecule has 90 valence electrons. The first-order chi connectivity index (χ1) is 8.25. The highest BCUT2D eigenvalue weighted by atomic mass is 16.5. The number of ether oxygens (including phenoxy) is 1. The van der Waals surface area contributed by atoms with Gasteiger partial charge in [-0.25, -0.2) is 4.79 Å². The van der Waals surface area contributed by atoms with E-state index in [1.54, 1.807) is 0 Å². The predicted octanol–water partition coefficient (Wildman–Crippen LogP) is 1.62. The molecule has 17 heavy (non-hydrogen) atoms. The highest BCUT2D eigenvalue weighted by molar-refractivity contribution is 5.77. The number of benzene rings is 1. The van der Waals surface area contributed by atoms with Crippen LogP contribution < -0.4 is 11.1 Å². The van der Waals surface area contributed by atoms with Gasteiger partial charge >= 0.3 is 6.09 Å². The molecular formula is C12H14N2O3. The van der Waals surface area contributed by atoms with Crippen molar-refractivity contribution in [3.8, 4) is 0 Å². The zero-order chi connectivity index (χ0) is 12.1. The zero-order valence-electron chi connectivity index (χ0n) is 9.31. The molecule has 0 saturated heterocycles. The van der Waals surface area contributed by atoms with Gasteiger partial charge in [0.15, 0.2) is 0 Å². The van der Waals surface area contributed by atoms with Crippen molar-refractivity contribution in [2.45, 2.75) is 6.54 Å². The maximum Gasteiger partial charge on any atom is 0.404 e. The molecule has 1 aromatic heterocycles. The number of nitrogens with one attached hydrogen (secondary N) is 1. The number of carbonyl (C=O) groups is 1. The third-order valence-electron chi connectivity index (χ3n) is 2.30. The van der Waals surface area contributed by atoms with Gasteiger partial charge in [-0.3, -0.25) is 0 Å². The number of furan rings is 1. The van der Waals surface area contributed by atoms with Gasteiger partial charge in [0.05, 0.1) is 6.54 Å². The topological polar surface area (TPSA) is 77.5 Å². The third-order valence-corrected chi connectivity index (χ3v) is 2.30. The van der Waals surface area contributed by atoms with Gasteiger partial charge in [0, 0.05) is 11.9 Å². The molecule has 0 aliphatic heterocycles. The summed E-state index contributed by atoms with van der Waals surface area (Å²) in [6.45, 7) is 1.40. The summed E-state index contributed by atoms with van der Waals surface area (Å²) >= 11 is 0. The Morgan fingerprint density at radius 1 is 1.41 bits per heavy atom. The molecule has 1 amide bonds. The van der Waals surface area contributed by atoms with Gasteiger partial charge in [-0.15, -0.1) is 0 Å². The first-order valence-corrected chi connectivity index (χ1v) is 5.36. The van der Waals surface area contributed by atoms with Crippen molar-refractivity contribution in [3.63, 3.8) is 0 Å². The van der Waals surface area contributed by atoms with Gasteiger partial charge in [0.25, 0.3) is 0 Å². The lowest BCUT2D eigenvalue weighted by molar-refractivity contribution is 0.157. The van der Waals surface area contributed by atoms with Crippen LogP contribution in [0.2, 0.25) is 0 Å². The van der Waals surface area contributed by atoms with Crippen molar-refractivity contribution in [1.82, 2.24) is 5.32 Å². The van der Waals surface area contributed by atoms with Crippen LogP contribution in [-0.2, 0) is 11.3 Å². The molecular weight excluding hydrogens is 220 g/mol. The molecule has 5 nitrogen and oxygen atoms in total. The lowest BCUT2D eigenvalue weighted by Crippen LogP contribution is -2.23. The van der Waals surface area contributed by atoms with Crippen molar-refractivity contribution >= 4 is 17.1 Å². The number of carbonyl (C=O) groups excluding carboxylic acids is 1. The Labute approximate surface area is 98.5 Å². The molecule has 0 unspecified atom stereocenters. The molecule has 0 bridgehead atoms. The monoisotopic (exact) mass is 234 g/mol. The number of para-hydroxylation sites is 1. The summed E-state index contributed by atoms with van der Waals surface area (Å²) in [6, 6.07) is 9.81. The number of nitrogens with two attached hydrogens (primary N) is 1. The van der Waals surface area contributed by atoms with Crippen molar-refractivity contribution < 1.29 is 13.9 Å². The average Bonchev–Trinajstić information content (AvgIpc) is 2.70. The molecule has 2 rings (SSSR count). The van der Waals surface area contributed by atoms with Crippen molar-refractivity contribution in [2.75, 3.05) is 13.2 Å².